The number of aliphatic carboxylic acids is 1. The molecular formula is C16H29NO2S. The van der Waals surface area contributed by atoms with E-state index < -0.39 is 5.97 Å². The van der Waals surface area contributed by atoms with E-state index in [2.05, 4.69) is 37.4 Å². The van der Waals surface area contributed by atoms with Crippen molar-refractivity contribution in [2.75, 3.05) is 24.6 Å². The topological polar surface area (TPSA) is 40.5 Å². The Hall–Kier alpha value is -0.220. The average Bonchev–Trinajstić information content (AvgIpc) is 2.37. The van der Waals surface area contributed by atoms with Crippen LogP contribution in [0.25, 0.3) is 0 Å². The number of nitrogens with zero attached hydrogens (tertiary/aromatic N) is 1. The number of likely N-dealkylation sites (tertiary alicyclic amines) is 1. The van der Waals surface area contributed by atoms with Crippen LogP contribution in [0.15, 0.2) is 0 Å². The summed E-state index contributed by atoms with van der Waals surface area (Å²) in [6, 6.07) is 0.698. The van der Waals surface area contributed by atoms with Crippen molar-refractivity contribution in [3.05, 3.63) is 0 Å². The molecule has 0 spiro atoms. The molecule has 0 radical (unpaired) electrons. The number of rotatable bonds is 4. The molecule has 0 bridgehead atoms. The zero-order chi connectivity index (χ0) is 14.8. The number of thioether (sulfide) groups is 1. The fourth-order valence-electron chi connectivity index (χ4n) is 3.74. The van der Waals surface area contributed by atoms with Crippen LogP contribution in [-0.2, 0) is 4.79 Å². The molecule has 20 heavy (non-hydrogen) atoms. The summed E-state index contributed by atoms with van der Waals surface area (Å²) in [4.78, 5) is 13.6. The Kier molecular flexibility index (Phi) is 5.41. The fourth-order valence-corrected chi connectivity index (χ4v) is 5.13. The first-order valence-corrected chi connectivity index (χ1v) is 9.06. The van der Waals surface area contributed by atoms with Gasteiger partial charge in [-0.25, -0.2) is 0 Å². The minimum atomic E-state index is -0.649. The molecule has 0 amide bonds. The van der Waals surface area contributed by atoms with Crippen LogP contribution in [0.5, 0.6) is 0 Å². The Morgan fingerprint density at radius 3 is 2.90 bits per heavy atom. The van der Waals surface area contributed by atoms with E-state index in [-0.39, 0.29) is 0 Å². The van der Waals surface area contributed by atoms with Crippen molar-refractivity contribution in [3.63, 3.8) is 0 Å². The molecule has 2 saturated heterocycles. The lowest BCUT2D eigenvalue weighted by atomic mass is 9.82. The first-order valence-electron chi connectivity index (χ1n) is 7.91. The van der Waals surface area contributed by atoms with Gasteiger partial charge in [0.05, 0.1) is 0 Å². The van der Waals surface area contributed by atoms with E-state index in [0.29, 0.717) is 29.7 Å². The van der Waals surface area contributed by atoms with Crippen LogP contribution in [0.3, 0.4) is 0 Å². The van der Waals surface area contributed by atoms with E-state index in [1.807, 2.05) is 0 Å². The highest BCUT2D eigenvalue weighted by molar-refractivity contribution is 7.99. The summed E-state index contributed by atoms with van der Waals surface area (Å²) in [5.74, 6) is 2.75. The highest BCUT2D eigenvalue weighted by Crippen LogP contribution is 2.37. The van der Waals surface area contributed by atoms with Gasteiger partial charge in [0.1, 0.15) is 0 Å². The van der Waals surface area contributed by atoms with Gasteiger partial charge in [-0.05, 0) is 48.8 Å². The Morgan fingerprint density at radius 1 is 1.50 bits per heavy atom. The van der Waals surface area contributed by atoms with Gasteiger partial charge in [-0.1, -0.05) is 20.8 Å². The standard InChI is InChI=1S/C16H29NO2S/c1-12(7-15(18)19)13-5-4-6-17(9-13)14-8-16(2,3)11-20-10-14/h12-14H,4-11H2,1-3H3,(H,18,19). The van der Waals surface area contributed by atoms with Gasteiger partial charge in [0.15, 0.2) is 0 Å². The molecule has 0 aromatic heterocycles. The molecule has 4 heteroatoms. The van der Waals surface area contributed by atoms with Crippen molar-refractivity contribution in [2.45, 2.75) is 52.5 Å². The summed E-state index contributed by atoms with van der Waals surface area (Å²) >= 11 is 2.09. The molecule has 0 saturated carbocycles. The highest BCUT2D eigenvalue weighted by atomic mass is 32.2. The van der Waals surface area contributed by atoms with Gasteiger partial charge in [-0.3, -0.25) is 9.69 Å². The molecule has 0 aliphatic carbocycles. The predicted molar refractivity (Wildman–Crippen MR) is 85.2 cm³/mol. The van der Waals surface area contributed by atoms with Gasteiger partial charge in [0.2, 0.25) is 0 Å². The summed E-state index contributed by atoms with van der Waals surface area (Å²) < 4.78 is 0. The Labute approximate surface area is 127 Å². The number of carboxylic acids is 1. The van der Waals surface area contributed by atoms with Crippen molar-refractivity contribution in [3.8, 4) is 0 Å². The maximum atomic E-state index is 10.9. The molecular weight excluding hydrogens is 270 g/mol. The van der Waals surface area contributed by atoms with Crippen LogP contribution >= 0.6 is 11.8 Å². The van der Waals surface area contributed by atoms with Crippen LogP contribution in [0.4, 0.5) is 0 Å². The third kappa shape index (κ3) is 4.39. The first-order chi connectivity index (χ1) is 9.37. The van der Waals surface area contributed by atoms with Gasteiger partial charge < -0.3 is 5.11 Å². The maximum Gasteiger partial charge on any atom is 0.303 e. The van der Waals surface area contributed by atoms with E-state index >= 15 is 0 Å². The quantitative estimate of drug-likeness (QED) is 0.864. The largest absolute Gasteiger partial charge is 0.481 e. The second-order valence-electron chi connectivity index (χ2n) is 7.51. The van der Waals surface area contributed by atoms with E-state index in [4.69, 9.17) is 5.11 Å². The van der Waals surface area contributed by atoms with Gasteiger partial charge in [-0.15, -0.1) is 0 Å². The summed E-state index contributed by atoms with van der Waals surface area (Å²) in [6.45, 7) is 9.18. The van der Waals surface area contributed by atoms with Crippen LogP contribution in [-0.4, -0.2) is 46.6 Å². The SMILES string of the molecule is CC(CC(=O)O)C1CCCN(C2CSCC(C)(C)C2)C1. The van der Waals surface area contributed by atoms with Crippen LogP contribution < -0.4 is 0 Å². The maximum absolute atomic E-state index is 10.9. The summed E-state index contributed by atoms with van der Waals surface area (Å²) in [5.41, 5.74) is 0.452. The number of piperidine rings is 1. The minimum absolute atomic E-state index is 0.305. The number of hydrogen-bond acceptors (Lipinski definition) is 3. The molecule has 2 fully saturated rings. The molecule has 2 aliphatic rings. The lowest BCUT2D eigenvalue weighted by molar-refractivity contribution is -0.138. The normalized spacial score (nSPS) is 32.8. The molecule has 3 atom stereocenters. The molecule has 2 rings (SSSR count). The molecule has 0 aromatic rings. The van der Waals surface area contributed by atoms with Crippen LogP contribution in [0.2, 0.25) is 0 Å². The number of carbonyl (C=O) groups is 1. The van der Waals surface area contributed by atoms with Crippen LogP contribution in [0.1, 0.15) is 46.5 Å². The van der Waals surface area contributed by atoms with Gasteiger partial charge in [-0.2, -0.15) is 11.8 Å². The number of hydrogen-bond donors (Lipinski definition) is 1. The molecule has 3 unspecified atom stereocenters. The van der Waals surface area contributed by atoms with Crippen molar-refractivity contribution in [1.29, 1.82) is 0 Å². The molecule has 2 aliphatic heterocycles. The molecule has 3 nitrogen and oxygen atoms in total. The minimum Gasteiger partial charge on any atom is -0.481 e. The first kappa shape index (κ1) is 16.2. The van der Waals surface area contributed by atoms with Gasteiger partial charge >= 0.3 is 5.97 Å². The van der Waals surface area contributed by atoms with Crippen LogP contribution in [0, 0.1) is 17.3 Å². The Balaban J connectivity index is 1.91. The third-order valence-corrected chi connectivity index (χ3v) is 6.50. The Bertz CT molecular complexity index is 345. The smallest absolute Gasteiger partial charge is 0.303 e. The molecule has 1 N–H and O–H groups in total. The van der Waals surface area contributed by atoms with E-state index in [0.717, 1.165) is 6.54 Å². The third-order valence-electron chi connectivity index (χ3n) is 4.90. The summed E-state index contributed by atoms with van der Waals surface area (Å²) in [6.07, 6.45) is 4.05. The van der Waals surface area contributed by atoms with Crippen molar-refractivity contribution in [2.24, 2.45) is 17.3 Å². The summed E-state index contributed by atoms with van der Waals surface area (Å²) in [7, 11) is 0. The highest BCUT2D eigenvalue weighted by Gasteiger charge is 2.35. The lowest BCUT2D eigenvalue weighted by Crippen LogP contribution is -2.49. The van der Waals surface area contributed by atoms with Gasteiger partial charge in [0.25, 0.3) is 0 Å². The molecule has 2 heterocycles. The summed E-state index contributed by atoms with van der Waals surface area (Å²) in [5, 5.41) is 8.98. The molecule has 116 valence electrons. The Morgan fingerprint density at radius 2 is 2.25 bits per heavy atom. The van der Waals surface area contributed by atoms with Crippen molar-refractivity contribution < 1.29 is 9.90 Å². The monoisotopic (exact) mass is 299 g/mol. The predicted octanol–water partition coefficient (Wildman–Crippen LogP) is 3.34. The lowest BCUT2D eigenvalue weighted by Gasteiger charge is -2.45. The molecule has 0 aromatic carbocycles. The van der Waals surface area contributed by atoms with E-state index in [1.54, 1.807) is 0 Å². The van der Waals surface area contributed by atoms with E-state index in [9.17, 15) is 4.79 Å². The van der Waals surface area contributed by atoms with Crippen molar-refractivity contribution >= 4 is 17.7 Å². The second kappa shape index (κ2) is 6.69. The second-order valence-corrected chi connectivity index (χ2v) is 8.54. The average molecular weight is 299 g/mol. The number of carboxylic acid groups (broad SMARTS) is 1. The zero-order valence-corrected chi connectivity index (χ0v) is 13.9. The van der Waals surface area contributed by atoms with E-state index in [1.165, 1.54) is 37.3 Å². The zero-order valence-electron chi connectivity index (χ0n) is 13.1. The fraction of sp³-hybridized carbons (Fsp3) is 0.938. The van der Waals surface area contributed by atoms with Gasteiger partial charge in [0, 0.05) is 24.8 Å². The van der Waals surface area contributed by atoms with Crippen molar-refractivity contribution in [1.82, 2.24) is 4.90 Å².